The van der Waals surface area contributed by atoms with Crippen molar-refractivity contribution < 1.29 is 4.79 Å². The Hall–Kier alpha value is -2.18. The molecule has 192 valence electrons. The van der Waals surface area contributed by atoms with Gasteiger partial charge in [-0.2, -0.15) is 0 Å². The maximum atomic E-state index is 12.3. The lowest BCUT2D eigenvalue weighted by Gasteiger charge is -2.26. The van der Waals surface area contributed by atoms with E-state index in [1.54, 1.807) is 19.2 Å². The molecule has 1 aromatic heterocycles. The van der Waals surface area contributed by atoms with E-state index >= 15 is 0 Å². The van der Waals surface area contributed by atoms with Crippen molar-refractivity contribution in [3.05, 3.63) is 58.2 Å². The maximum absolute atomic E-state index is 12.3. The summed E-state index contributed by atoms with van der Waals surface area (Å²) in [5.41, 5.74) is 10.0. The molecule has 1 atom stereocenters. The summed E-state index contributed by atoms with van der Waals surface area (Å²) in [4.78, 5) is 19.1. The minimum absolute atomic E-state index is 0.0175. The summed E-state index contributed by atoms with van der Waals surface area (Å²) in [5.74, 6) is 0.0175. The summed E-state index contributed by atoms with van der Waals surface area (Å²) >= 11 is 12.4. The number of carbonyl (C=O) groups excluding carboxylic acids is 1. The molecule has 2 aromatic carbocycles. The molecule has 1 saturated carbocycles. The first-order chi connectivity index (χ1) is 17.3. The molecule has 0 spiro atoms. The number of nitrogens with one attached hydrogen (secondary N) is 1. The summed E-state index contributed by atoms with van der Waals surface area (Å²) < 4.78 is 0. The van der Waals surface area contributed by atoms with Gasteiger partial charge in [-0.3, -0.25) is 9.78 Å². The van der Waals surface area contributed by atoms with Crippen molar-refractivity contribution in [3.63, 3.8) is 0 Å². The van der Waals surface area contributed by atoms with E-state index in [4.69, 9.17) is 28.9 Å². The minimum Gasteiger partial charge on any atom is -0.381 e. The Bertz CT molecular complexity index is 1180. The molecule has 0 bridgehead atoms. The predicted octanol–water partition coefficient (Wildman–Crippen LogP) is 7.20. The number of benzene rings is 2. The van der Waals surface area contributed by atoms with Crippen LogP contribution in [-0.4, -0.2) is 47.9 Å². The molecule has 1 unspecified atom stereocenters. The Morgan fingerprint density at radius 3 is 2.33 bits per heavy atom. The van der Waals surface area contributed by atoms with Crippen molar-refractivity contribution in [1.82, 2.24) is 9.88 Å². The number of aromatic nitrogens is 1. The number of rotatable bonds is 4. The number of likely N-dealkylation sites (tertiary alicyclic amines) is 1. The topological polar surface area (TPSA) is 71.2 Å². The van der Waals surface area contributed by atoms with E-state index < -0.39 is 0 Å². The molecule has 0 radical (unpaired) electrons. The van der Waals surface area contributed by atoms with Gasteiger partial charge in [-0.15, -0.1) is 0 Å². The molecule has 7 heteroatoms. The molecule has 2 aliphatic rings. The first kappa shape index (κ1) is 26.9. The van der Waals surface area contributed by atoms with Crippen molar-refractivity contribution in [1.29, 1.82) is 0 Å². The van der Waals surface area contributed by atoms with Crippen molar-refractivity contribution in [2.45, 2.75) is 64.0 Å². The normalized spacial score (nSPS) is 19.0. The summed E-state index contributed by atoms with van der Waals surface area (Å²) in [6.45, 7) is 3.91. The van der Waals surface area contributed by atoms with Gasteiger partial charge in [0.05, 0.1) is 16.8 Å². The van der Waals surface area contributed by atoms with Gasteiger partial charge in [0.25, 0.3) is 0 Å². The van der Waals surface area contributed by atoms with Crippen LogP contribution in [0.3, 0.4) is 0 Å². The number of ketones is 1. The average Bonchev–Trinajstić information content (AvgIpc) is 2.84. The van der Waals surface area contributed by atoms with Crippen LogP contribution in [0.5, 0.6) is 0 Å². The third-order valence-corrected chi connectivity index (χ3v) is 7.49. The third-order valence-electron chi connectivity index (χ3n) is 7.06. The molecule has 2 fully saturated rings. The lowest BCUT2D eigenvalue weighted by atomic mass is 9.94. The molecule has 1 saturated heterocycles. The van der Waals surface area contributed by atoms with E-state index in [1.165, 1.54) is 38.6 Å². The largest absolute Gasteiger partial charge is 0.381 e. The second-order valence-corrected chi connectivity index (χ2v) is 11.0. The lowest BCUT2D eigenvalue weighted by Crippen LogP contribution is -2.40. The van der Waals surface area contributed by atoms with Crippen LogP contribution in [0.1, 0.15) is 62.2 Å². The third kappa shape index (κ3) is 6.98. The van der Waals surface area contributed by atoms with Crippen LogP contribution in [0.15, 0.2) is 42.6 Å². The molecular formula is C29H36Cl2N4O. The fraction of sp³-hybridized carbons (Fsp3) is 0.448. The Morgan fingerprint density at radius 2 is 1.72 bits per heavy atom. The van der Waals surface area contributed by atoms with Gasteiger partial charge in [-0.1, -0.05) is 48.5 Å². The molecule has 1 aliphatic heterocycles. The van der Waals surface area contributed by atoms with Gasteiger partial charge in [-0.25, -0.2) is 0 Å². The quantitative estimate of drug-likeness (QED) is 0.351. The Balaban J connectivity index is 0.000000325. The van der Waals surface area contributed by atoms with E-state index in [0.717, 1.165) is 47.1 Å². The van der Waals surface area contributed by atoms with Crippen LogP contribution in [0, 0.1) is 0 Å². The molecule has 3 N–H and O–H groups in total. The highest BCUT2D eigenvalue weighted by Crippen LogP contribution is 2.34. The maximum Gasteiger partial charge on any atom is 0.163 e. The number of pyridine rings is 1. The number of nitrogens with two attached hydrogens (primary N) is 1. The number of hydrogen-bond acceptors (Lipinski definition) is 5. The van der Waals surface area contributed by atoms with E-state index in [2.05, 4.69) is 28.3 Å². The van der Waals surface area contributed by atoms with Gasteiger partial charge in [0.15, 0.2) is 5.78 Å². The van der Waals surface area contributed by atoms with Crippen LogP contribution in [0.2, 0.25) is 10.0 Å². The zero-order chi connectivity index (χ0) is 25.7. The molecule has 2 heterocycles. The van der Waals surface area contributed by atoms with E-state index in [1.807, 2.05) is 24.3 Å². The van der Waals surface area contributed by atoms with Crippen molar-refractivity contribution >= 4 is 45.6 Å². The van der Waals surface area contributed by atoms with Crippen molar-refractivity contribution in [2.75, 3.05) is 25.5 Å². The van der Waals surface area contributed by atoms with Crippen LogP contribution >= 0.6 is 23.2 Å². The highest BCUT2D eigenvalue weighted by Gasteiger charge is 2.19. The first-order valence-corrected chi connectivity index (χ1v) is 13.7. The molecule has 5 nitrogen and oxygen atoms in total. The lowest BCUT2D eigenvalue weighted by molar-refractivity contribution is 0.101. The Morgan fingerprint density at radius 1 is 1.00 bits per heavy atom. The first-order valence-electron chi connectivity index (χ1n) is 12.9. The van der Waals surface area contributed by atoms with Gasteiger partial charge < -0.3 is 16.0 Å². The number of hydrogen-bond donors (Lipinski definition) is 2. The van der Waals surface area contributed by atoms with E-state index in [9.17, 15) is 4.79 Å². The second-order valence-electron chi connectivity index (χ2n) is 10.1. The van der Waals surface area contributed by atoms with E-state index in [-0.39, 0.29) is 5.78 Å². The van der Waals surface area contributed by atoms with Crippen LogP contribution < -0.4 is 11.1 Å². The molecule has 5 rings (SSSR count). The fourth-order valence-electron chi connectivity index (χ4n) is 5.17. The van der Waals surface area contributed by atoms with Gasteiger partial charge in [0, 0.05) is 40.3 Å². The van der Waals surface area contributed by atoms with Gasteiger partial charge in [-0.05, 0) is 87.7 Å². The molecule has 0 amide bonds. The zero-order valence-electron chi connectivity index (χ0n) is 21.2. The summed E-state index contributed by atoms with van der Waals surface area (Å²) in [6.07, 6.45) is 10.2. The fourth-order valence-corrected chi connectivity index (χ4v) is 5.70. The summed E-state index contributed by atoms with van der Waals surface area (Å²) in [7, 11) is 2.12. The van der Waals surface area contributed by atoms with Crippen molar-refractivity contribution in [3.8, 4) is 11.1 Å². The van der Waals surface area contributed by atoms with Crippen LogP contribution in [0.25, 0.3) is 22.0 Å². The standard InChI is InChI=1S/C23H22Cl2N2O.C6H14N2/c1-14(28)21-13-26-22-8-7-15(16-9-17(24)12-18(25)10-16)11-20(22)23(21)27-19-5-3-2-4-6-19;1-8-4-2-3-6(7)5-8/h7-13,19H,2-6H2,1H3,(H,26,27);6H,2-5,7H2,1H3. The number of nitrogens with zero attached hydrogens (tertiary/aromatic N) is 2. The predicted molar refractivity (Wildman–Crippen MR) is 152 cm³/mol. The average molecular weight is 528 g/mol. The van der Waals surface area contributed by atoms with Gasteiger partial charge >= 0.3 is 0 Å². The number of fused-ring (bicyclic) bond motifs is 1. The number of halogens is 2. The zero-order valence-corrected chi connectivity index (χ0v) is 22.7. The number of piperidine rings is 1. The van der Waals surface area contributed by atoms with Crippen LogP contribution in [-0.2, 0) is 0 Å². The minimum atomic E-state index is 0.0175. The molecular weight excluding hydrogens is 491 g/mol. The monoisotopic (exact) mass is 526 g/mol. The molecule has 36 heavy (non-hydrogen) atoms. The Kier molecular flexibility index (Phi) is 9.24. The summed E-state index contributed by atoms with van der Waals surface area (Å²) in [5, 5.41) is 5.81. The van der Waals surface area contributed by atoms with Crippen molar-refractivity contribution in [2.24, 2.45) is 5.73 Å². The van der Waals surface area contributed by atoms with Gasteiger partial charge in [0.1, 0.15) is 0 Å². The number of carbonyl (C=O) groups is 1. The number of anilines is 1. The second kappa shape index (κ2) is 12.4. The van der Waals surface area contributed by atoms with Crippen LogP contribution in [0.4, 0.5) is 5.69 Å². The SMILES string of the molecule is CC(=O)c1cnc2ccc(-c3cc(Cl)cc(Cl)c3)cc2c1NC1CCCCC1.CN1CCCC(N)C1. The Labute approximate surface area is 224 Å². The number of Topliss-reactive ketones (excluding diaryl/α,β-unsaturated/α-hetero) is 1. The highest BCUT2D eigenvalue weighted by molar-refractivity contribution is 6.35. The van der Waals surface area contributed by atoms with Gasteiger partial charge in [0.2, 0.25) is 0 Å². The highest BCUT2D eigenvalue weighted by atomic mass is 35.5. The summed E-state index contributed by atoms with van der Waals surface area (Å²) in [6, 6.07) is 12.4. The molecule has 3 aromatic rings. The molecule has 1 aliphatic carbocycles. The van der Waals surface area contributed by atoms with E-state index in [0.29, 0.717) is 27.7 Å². The smallest absolute Gasteiger partial charge is 0.163 e. The number of likely N-dealkylation sites (N-methyl/N-ethyl adjacent to an activating group) is 1.